The molecule has 0 aliphatic heterocycles. The molecule has 0 aliphatic carbocycles. The van der Waals surface area contributed by atoms with Gasteiger partial charge < -0.3 is 5.43 Å². The van der Waals surface area contributed by atoms with E-state index in [0.29, 0.717) is 11.8 Å². The van der Waals surface area contributed by atoms with Crippen LogP contribution in [0.2, 0.25) is 0 Å². The quantitative estimate of drug-likeness (QED) is 0.565. The maximum absolute atomic E-state index is 4.43. The van der Waals surface area contributed by atoms with Gasteiger partial charge in [-0.05, 0) is 29.9 Å². The first-order valence-electron chi connectivity index (χ1n) is 6.95. The molecule has 0 aliphatic rings. The summed E-state index contributed by atoms with van der Waals surface area (Å²) in [5, 5.41) is 3.99. The number of aliphatic imine (C=N–C) groups is 1. The van der Waals surface area contributed by atoms with Gasteiger partial charge in [-0.25, -0.2) is 0 Å². The molecular formula is C15H31N3. The van der Waals surface area contributed by atoms with Gasteiger partial charge in [0.05, 0.1) is 0 Å². The van der Waals surface area contributed by atoms with Gasteiger partial charge in [-0.1, -0.05) is 41.5 Å². The van der Waals surface area contributed by atoms with Crippen molar-refractivity contribution in [3.05, 3.63) is 11.6 Å². The molecule has 1 unspecified atom stereocenters. The first kappa shape index (κ1) is 19.2. The van der Waals surface area contributed by atoms with E-state index in [1.807, 2.05) is 20.9 Å². The molecule has 0 bridgehead atoms. The van der Waals surface area contributed by atoms with Crippen LogP contribution >= 0.6 is 0 Å². The van der Waals surface area contributed by atoms with E-state index in [2.05, 4.69) is 49.3 Å². The molecule has 0 spiro atoms. The zero-order chi connectivity index (χ0) is 14.6. The molecule has 0 saturated heterocycles. The lowest BCUT2D eigenvalue weighted by atomic mass is 9.89. The Morgan fingerprint density at radius 3 is 2.11 bits per heavy atom. The van der Waals surface area contributed by atoms with Crippen LogP contribution in [0.25, 0.3) is 0 Å². The van der Waals surface area contributed by atoms with E-state index in [9.17, 15) is 0 Å². The maximum Gasteiger partial charge on any atom is 0.0471 e. The van der Waals surface area contributed by atoms with E-state index in [4.69, 9.17) is 0 Å². The number of hydrogen-bond donors (Lipinski definition) is 1. The molecule has 0 amide bonds. The number of nitrogens with one attached hydrogen (secondary N) is 1. The topological polar surface area (TPSA) is 36.8 Å². The van der Waals surface area contributed by atoms with E-state index in [1.165, 1.54) is 11.3 Å². The Labute approximate surface area is 113 Å². The summed E-state index contributed by atoms with van der Waals surface area (Å²) in [6.07, 6.45) is 4.96. The SMILES string of the molecule is CC.CCC(C)C(=NC)/C(=C\C=N/NC)C(C)C. The highest BCUT2D eigenvalue weighted by Gasteiger charge is 2.15. The summed E-state index contributed by atoms with van der Waals surface area (Å²) < 4.78 is 0. The molecule has 18 heavy (non-hydrogen) atoms. The van der Waals surface area contributed by atoms with Crippen molar-refractivity contribution in [3.63, 3.8) is 0 Å². The Balaban J connectivity index is 0. The van der Waals surface area contributed by atoms with Crippen LogP contribution in [-0.2, 0) is 0 Å². The fraction of sp³-hybridized carbons (Fsp3) is 0.733. The molecule has 1 atom stereocenters. The Bertz CT molecular complexity index is 275. The summed E-state index contributed by atoms with van der Waals surface area (Å²) in [5.74, 6) is 0.970. The largest absolute Gasteiger partial charge is 0.313 e. The van der Waals surface area contributed by atoms with Gasteiger partial charge in [0.15, 0.2) is 0 Å². The Morgan fingerprint density at radius 2 is 1.78 bits per heavy atom. The van der Waals surface area contributed by atoms with Gasteiger partial charge in [-0.2, -0.15) is 5.10 Å². The van der Waals surface area contributed by atoms with E-state index in [0.717, 1.165) is 6.42 Å². The van der Waals surface area contributed by atoms with E-state index >= 15 is 0 Å². The minimum absolute atomic E-state index is 0.469. The highest BCUT2D eigenvalue weighted by Crippen LogP contribution is 2.18. The molecule has 0 fully saturated rings. The average Bonchev–Trinajstić information content (AvgIpc) is 2.39. The van der Waals surface area contributed by atoms with Crippen LogP contribution in [0.3, 0.4) is 0 Å². The number of hydrazone groups is 1. The molecule has 3 nitrogen and oxygen atoms in total. The first-order chi connectivity index (χ1) is 8.58. The molecule has 0 heterocycles. The Kier molecular flexibility index (Phi) is 13.2. The van der Waals surface area contributed by atoms with Gasteiger partial charge in [0.25, 0.3) is 0 Å². The summed E-state index contributed by atoms with van der Waals surface area (Å²) >= 11 is 0. The lowest BCUT2D eigenvalue weighted by Crippen LogP contribution is -2.17. The maximum atomic E-state index is 4.43. The summed E-state index contributed by atoms with van der Waals surface area (Å²) in [6.45, 7) is 12.8. The van der Waals surface area contributed by atoms with Crippen LogP contribution in [-0.4, -0.2) is 26.0 Å². The predicted octanol–water partition coefficient (Wildman–Crippen LogP) is 3.92. The summed E-state index contributed by atoms with van der Waals surface area (Å²) in [5.41, 5.74) is 5.22. The van der Waals surface area contributed by atoms with Gasteiger partial charge in [0.2, 0.25) is 0 Å². The predicted molar refractivity (Wildman–Crippen MR) is 84.6 cm³/mol. The van der Waals surface area contributed by atoms with Crippen LogP contribution in [0.5, 0.6) is 0 Å². The van der Waals surface area contributed by atoms with Crippen LogP contribution in [0.15, 0.2) is 21.7 Å². The zero-order valence-electron chi connectivity index (χ0n) is 13.4. The molecule has 0 saturated carbocycles. The fourth-order valence-electron chi connectivity index (χ4n) is 1.59. The monoisotopic (exact) mass is 253 g/mol. The number of allylic oxidation sites excluding steroid dienone is 2. The first-order valence-corrected chi connectivity index (χ1v) is 6.95. The Hall–Kier alpha value is -1.12. The molecule has 0 aromatic rings. The number of nitrogens with zero attached hydrogens (tertiary/aromatic N) is 2. The van der Waals surface area contributed by atoms with Crippen molar-refractivity contribution < 1.29 is 0 Å². The third-order valence-corrected chi connectivity index (χ3v) is 2.70. The van der Waals surface area contributed by atoms with Crippen molar-refractivity contribution in [1.82, 2.24) is 5.43 Å². The molecule has 1 N–H and O–H groups in total. The zero-order valence-corrected chi connectivity index (χ0v) is 13.4. The average molecular weight is 253 g/mol. The second-order valence-corrected chi connectivity index (χ2v) is 4.20. The number of rotatable bonds is 6. The second kappa shape index (κ2) is 12.3. The second-order valence-electron chi connectivity index (χ2n) is 4.20. The normalized spacial score (nSPS) is 14.5. The van der Waals surface area contributed by atoms with E-state index < -0.39 is 0 Å². The van der Waals surface area contributed by atoms with Crippen molar-refractivity contribution in [2.75, 3.05) is 14.1 Å². The minimum atomic E-state index is 0.469. The van der Waals surface area contributed by atoms with Crippen LogP contribution in [0.4, 0.5) is 0 Å². The van der Waals surface area contributed by atoms with Crippen molar-refractivity contribution in [2.24, 2.45) is 21.9 Å². The summed E-state index contributed by atoms with van der Waals surface area (Å²) in [7, 11) is 3.66. The molecule has 0 radical (unpaired) electrons. The molecule has 0 aromatic heterocycles. The van der Waals surface area contributed by atoms with Gasteiger partial charge >= 0.3 is 0 Å². The van der Waals surface area contributed by atoms with Crippen LogP contribution < -0.4 is 5.43 Å². The van der Waals surface area contributed by atoms with E-state index in [-0.39, 0.29) is 0 Å². The fourth-order valence-corrected chi connectivity index (χ4v) is 1.59. The van der Waals surface area contributed by atoms with Crippen LogP contribution in [0, 0.1) is 11.8 Å². The van der Waals surface area contributed by atoms with Gasteiger partial charge in [0, 0.05) is 26.0 Å². The van der Waals surface area contributed by atoms with Crippen molar-refractivity contribution >= 4 is 11.9 Å². The molecular weight excluding hydrogens is 222 g/mol. The summed E-state index contributed by atoms with van der Waals surface area (Å²) in [6, 6.07) is 0. The summed E-state index contributed by atoms with van der Waals surface area (Å²) in [4.78, 5) is 4.43. The Morgan fingerprint density at radius 1 is 1.22 bits per heavy atom. The third-order valence-electron chi connectivity index (χ3n) is 2.70. The third kappa shape index (κ3) is 7.25. The highest BCUT2D eigenvalue weighted by molar-refractivity contribution is 6.04. The minimum Gasteiger partial charge on any atom is -0.313 e. The van der Waals surface area contributed by atoms with Crippen molar-refractivity contribution in [2.45, 2.75) is 48.0 Å². The highest BCUT2D eigenvalue weighted by atomic mass is 15.3. The number of hydrogen-bond acceptors (Lipinski definition) is 3. The van der Waals surface area contributed by atoms with Gasteiger partial charge in [-0.3, -0.25) is 4.99 Å². The van der Waals surface area contributed by atoms with Crippen molar-refractivity contribution in [3.8, 4) is 0 Å². The van der Waals surface area contributed by atoms with Gasteiger partial charge in [0.1, 0.15) is 0 Å². The molecule has 106 valence electrons. The molecule has 0 aromatic carbocycles. The lowest BCUT2D eigenvalue weighted by Gasteiger charge is -2.18. The standard InChI is InChI=1S/C13H25N3.C2H6/c1-7-11(4)13(14-5)12(10(2)3)8-9-16-15-6;1-2/h8-11,15H,7H2,1-6H3;1-2H3/b12-8-,14-13?,16-9-;. The molecule has 3 heteroatoms. The smallest absolute Gasteiger partial charge is 0.0471 e. The van der Waals surface area contributed by atoms with E-state index in [1.54, 1.807) is 13.3 Å². The van der Waals surface area contributed by atoms with Crippen LogP contribution in [0.1, 0.15) is 48.0 Å². The van der Waals surface area contributed by atoms with Crippen molar-refractivity contribution in [1.29, 1.82) is 0 Å². The lowest BCUT2D eigenvalue weighted by molar-refractivity contribution is 0.712. The molecule has 0 rings (SSSR count). The van der Waals surface area contributed by atoms with Gasteiger partial charge in [-0.15, -0.1) is 0 Å².